The summed E-state index contributed by atoms with van der Waals surface area (Å²) in [6.07, 6.45) is 1.50. The molecule has 3 rings (SSSR count). The van der Waals surface area contributed by atoms with Gasteiger partial charge in [-0.05, 0) is 23.8 Å². The van der Waals surface area contributed by atoms with E-state index in [2.05, 4.69) is 21.0 Å². The molecule has 0 aliphatic carbocycles. The van der Waals surface area contributed by atoms with E-state index in [4.69, 9.17) is 4.74 Å². The second kappa shape index (κ2) is 6.40. The summed E-state index contributed by atoms with van der Waals surface area (Å²) in [5, 5.41) is 15.9. The van der Waals surface area contributed by atoms with E-state index in [0.29, 0.717) is 16.5 Å². The first-order chi connectivity index (χ1) is 11.5. The number of non-ortho nitro benzene ring substituents is 1. The third-order valence-electron chi connectivity index (χ3n) is 3.62. The number of nitrogens with zero attached hydrogens (tertiary/aromatic N) is 3. The van der Waals surface area contributed by atoms with Crippen molar-refractivity contribution in [2.75, 3.05) is 7.11 Å². The van der Waals surface area contributed by atoms with Crippen LogP contribution in [0.2, 0.25) is 0 Å². The van der Waals surface area contributed by atoms with Gasteiger partial charge in [-0.1, -0.05) is 34.1 Å². The number of hydrogen-bond acceptors (Lipinski definition) is 5. The minimum absolute atomic E-state index is 0.0572. The van der Waals surface area contributed by atoms with E-state index in [1.807, 2.05) is 0 Å². The van der Waals surface area contributed by atoms with Crippen LogP contribution in [0.3, 0.4) is 0 Å². The number of benzene rings is 2. The summed E-state index contributed by atoms with van der Waals surface area (Å²) in [6, 6.07) is 10.9. The van der Waals surface area contributed by atoms with Crippen LogP contribution >= 0.6 is 15.9 Å². The number of hydrogen-bond donors (Lipinski definition) is 0. The molecule has 122 valence electrons. The number of fused-ring (bicyclic) bond motifs is 1. The van der Waals surface area contributed by atoms with E-state index in [0.717, 1.165) is 4.47 Å². The minimum Gasteiger partial charge on any atom is -0.467 e. The number of rotatable bonds is 4. The molecule has 1 atom stereocenters. The Hall–Kier alpha value is -2.74. The standard InChI is InChI=1S/C16H12BrN3O4/c1-24-16(21)15(10-5-7-11(17)8-6-10)19-9-12-13(18-19)3-2-4-14(12)20(22)23/h2-9,15H,1H3. The van der Waals surface area contributed by atoms with Gasteiger partial charge in [0, 0.05) is 16.7 Å². The van der Waals surface area contributed by atoms with Crippen molar-refractivity contribution in [3.8, 4) is 0 Å². The molecule has 2 aromatic carbocycles. The molecule has 0 aliphatic rings. The zero-order valence-corrected chi connectivity index (χ0v) is 14.1. The van der Waals surface area contributed by atoms with Crippen molar-refractivity contribution in [1.82, 2.24) is 9.78 Å². The van der Waals surface area contributed by atoms with Crippen LogP contribution in [0.1, 0.15) is 11.6 Å². The zero-order valence-electron chi connectivity index (χ0n) is 12.5. The first-order valence-electron chi connectivity index (χ1n) is 6.97. The van der Waals surface area contributed by atoms with Crippen molar-refractivity contribution >= 4 is 38.5 Å². The fraction of sp³-hybridized carbons (Fsp3) is 0.125. The van der Waals surface area contributed by atoms with Gasteiger partial charge >= 0.3 is 5.97 Å². The SMILES string of the molecule is COC(=O)C(c1ccc(Br)cc1)n1cc2c([N+](=O)[O-])cccc2n1. The number of methoxy groups -OCH3 is 1. The van der Waals surface area contributed by atoms with Crippen LogP contribution < -0.4 is 0 Å². The molecule has 24 heavy (non-hydrogen) atoms. The number of aromatic nitrogens is 2. The molecule has 0 amide bonds. The highest BCUT2D eigenvalue weighted by Gasteiger charge is 2.26. The fourth-order valence-corrected chi connectivity index (χ4v) is 2.76. The summed E-state index contributed by atoms with van der Waals surface area (Å²) in [6.45, 7) is 0. The van der Waals surface area contributed by atoms with Crippen LogP contribution in [0.4, 0.5) is 5.69 Å². The van der Waals surface area contributed by atoms with Gasteiger partial charge in [0.05, 0.1) is 22.9 Å². The van der Waals surface area contributed by atoms with Gasteiger partial charge in [-0.2, -0.15) is 5.10 Å². The van der Waals surface area contributed by atoms with Crippen molar-refractivity contribution in [3.05, 3.63) is 68.8 Å². The Balaban J connectivity index is 2.16. The quantitative estimate of drug-likeness (QED) is 0.387. The van der Waals surface area contributed by atoms with Crippen LogP contribution in [-0.2, 0) is 9.53 Å². The highest BCUT2D eigenvalue weighted by molar-refractivity contribution is 9.10. The number of ether oxygens (including phenoxy) is 1. The lowest BCUT2D eigenvalue weighted by molar-refractivity contribution is -0.383. The Kier molecular flexibility index (Phi) is 4.30. The maximum absolute atomic E-state index is 12.3. The van der Waals surface area contributed by atoms with Crippen LogP contribution in [0.25, 0.3) is 10.9 Å². The minimum atomic E-state index is -0.824. The van der Waals surface area contributed by atoms with Crippen LogP contribution in [0.5, 0.6) is 0 Å². The highest BCUT2D eigenvalue weighted by Crippen LogP contribution is 2.28. The van der Waals surface area contributed by atoms with Crippen LogP contribution in [0.15, 0.2) is 53.1 Å². The lowest BCUT2D eigenvalue weighted by atomic mass is 10.1. The van der Waals surface area contributed by atoms with Crippen LogP contribution in [-0.4, -0.2) is 27.8 Å². The lowest BCUT2D eigenvalue weighted by Gasteiger charge is -2.15. The monoisotopic (exact) mass is 389 g/mol. The van der Waals surface area contributed by atoms with Gasteiger partial charge in [-0.25, -0.2) is 4.79 Å². The second-order valence-corrected chi connectivity index (χ2v) is 5.97. The second-order valence-electron chi connectivity index (χ2n) is 5.05. The number of esters is 1. The molecule has 0 fully saturated rings. The first kappa shape index (κ1) is 16.1. The molecular formula is C16H12BrN3O4. The number of nitro groups is 1. The molecule has 0 spiro atoms. The predicted octanol–water partition coefficient (Wildman–Crippen LogP) is 3.47. The van der Waals surface area contributed by atoms with Gasteiger partial charge < -0.3 is 4.74 Å². The molecule has 0 saturated carbocycles. The van der Waals surface area contributed by atoms with E-state index < -0.39 is 16.9 Å². The molecule has 7 nitrogen and oxygen atoms in total. The molecular weight excluding hydrogens is 378 g/mol. The zero-order chi connectivity index (χ0) is 17.3. The summed E-state index contributed by atoms with van der Waals surface area (Å²) in [4.78, 5) is 23.0. The maximum Gasteiger partial charge on any atom is 0.335 e. The smallest absolute Gasteiger partial charge is 0.335 e. The van der Waals surface area contributed by atoms with Crippen molar-refractivity contribution in [2.24, 2.45) is 0 Å². The van der Waals surface area contributed by atoms with Gasteiger partial charge in [0.1, 0.15) is 0 Å². The Bertz CT molecular complexity index is 921. The Labute approximate surface area is 145 Å². The molecule has 3 aromatic rings. The van der Waals surface area contributed by atoms with Crippen molar-refractivity contribution in [3.63, 3.8) is 0 Å². The molecule has 0 N–H and O–H groups in total. The summed E-state index contributed by atoms with van der Waals surface area (Å²) < 4.78 is 7.15. The molecule has 1 unspecified atom stereocenters. The van der Waals surface area contributed by atoms with E-state index in [-0.39, 0.29) is 5.69 Å². The van der Waals surface area contributed by atoms with Gasteiger partial charge in [0.15, 0.2) is 6.04 Å². The number of halogens is 1. The van der Waals surface area contributed by atoms with Crippen molar-refractivity contribution in [1.29, 1.82) is 0 Å². The first-order valence-corrected chi connectivity index (χ1v) is 7.76. The molecule has 0 saturated heterocycles. The third kappa shape index (κ3) is 2.88. The predicted molar refractivity (Wildman–Crippen MR) is 90.7 cm³/mol. The summed E-state index contributed by atoms with van der Waals surface area (Å²) in [5.74, 6) is -0.507. The molecule has 1 aromatic heterocycles. The normalized spacial score (nSPS) is 12.1. The van der Waals surface area contributed by atoms with Gasteiger partial charge in [-0.3, -0.25) is 14.8 Å². The summed E-state index contributed by atoms with van der Waals surface area (Å²) in [7, 11) is 1.29. The van der Waals surface area contributed by atoms with E-state index in [1.54, 1.807) is 36.4 Å². The molecule has 1 heterocycles. The van der Waals surface area contributed by atoms with Gasteiger partial charge in [0.2, 0.25) is 0 Å². The summed E-state index contributed by atoms with van der Waals surface area (Å²) in [5.41, 5.74) is 1.05. The third-order valence-corrected chi connectivity index (χ3v) is 4.14. The summed E-state index contributed by atoms with van der Waals surface area (Å²) >= 11 is 3.34. The number of carbonyl (C=O) groups excluding carboxylic acids is 1. The highest BCUT2D eigenvalue weighted by atomic mass is 79.9. The Morgan fingerprint density at radius 1 is 1.29 bits per heavy atom. The maximum atomic E-state index is 12.3. The average Bonchev–Trinajstić information content (AvgIpc) is 2.99. The lowest BCUT2D eigenvalue weighted by Crippen LogP contribution is -2.22. The van der Waals surface area contributed by atoms with E-state index in [1.165, 1.54) is 24.1 Å². The van der Waals surface area contributed by atoms with Gasteiger partial charge in [0.25, 0.3) is 5.69 Å². The number of carbonyl (C=O) groups is 1. The Morgan fingerprint density at radius 3 is 2.62 bits per heavy atom. The average molecular weight is 390 g/mol. The van der Waals surface area contributed by atoms with Gasteiger partial charge in [-0.15, -0.1) is 0 Å². The Morgan fingerprint density at radius 2 is 2.00 bits per heavy atom. The largest absolute Gasteiger partial charge is 0.467 e. The van der Waals surface area contributed by atoms with E-state index >= 15 is 0 Å². The van der Waals surface area contributed by atoms with E-state index in [9.17, 15) is 14.9 Å². The molecule has 0 bridgehead atoms. The molecule has 0 aliphatic heterocycles. The topological polar surface area (TPSA) is 87.3 Å². The molecule has 0 radical (unpaired) electrons. The number of nitro benzene ring substituents is 1. The van der Waals surface area contributed by atoms with Crippen molar-refractivity contribution in [2.45, 2.75) is 6.04 Å². The van der Waals surface area contributed by atoms with Crippen LogP contribution in [0, 0.1) is 10.1 Å². The molecule has 8 heteroatoms. The van der Waals surface area contributed by atoms with Crippen molar-refractivity contribution < 1.29 is 14.5 Å². The fourth-order valence-electron chi connectivity index (χ4n) is 2.49.